The van der Waals surface area contributed by atoms with Gasteiger partial charge in [-0.05, 0) is 19.8 Å². The highest BCUT2D eigenvalue weighted by Gasteiger charge is 2.13. The Morgan fingerprint density at radius 3 is 2.47 bits per heavy atom. The van der Waals surface area contributed by atoms with Crippen LogP contribution in [0.5, 0.6) is 0 Å². The van der Waals surface area contributed by atoms with E-state index in [0.717, 1.165) is 19.3 Å². The van der Waals surface area contributed by atoms with Crippen molar-refractivity contribution in [3.63, 3.8) is 0 Å². The van der Waals surface area contributed by atoms with Crippen molar-refractivity contribution in [2.75, 3.05) is 6.61 Å². The lowest BCUT2D eigenvalue weighted by atomic mass is 10.1. The number of Topliss-reactive ketones (excluding diaryl/α,β-unsaturated/α-hetero) is 1. The monoisotopic (exact) mass is 211 g/mol. The van der Waals surface area contributed by atoms with Crippen LogP contribution >= 0.6 is 0 Å². The van der Waals surface area contributed by atoms with Crippen LogP contribution in [0.25, 0.3) is 0 Å². The van der Waals surface area contributed by atoms with Gasteiger partial charge in [-0.1, -0.05) is 12.8 Å². The Balaban J connectivity index is 3.39. The van der Waals surface area contributed by atoms with Crippen LogP contribution in [0.1, 0.15) is 45.4 Å². The van der Waals surface area contributed by atoms with Crippen LogP contribution in [0.15, 0.2) is 0 Å². The van der Waals surface area contributed by atoms with Crippen LogP contribution in [0, 0.1) is 11.3 Å². The van der Waals surface area contributed by atoms with Crippen LogP contribution in [-0.2, 0) is 14.3 Å². The van der Waals surface area contributed by atoms with Crippen LogP contribution in [0.3, 0.4) is 0 Å². The Morgan fingerprint density at radius 1 is 1.20 bits per heavy atom. The molecule has 0 aromatic rings. The minimum atomic E-state index is -0.727. The second-order valence-corrected chi connectivity index (χ2v) is 3.22. The van der Waals surface area contributed by atoms with Gasteiger partial charge in [0.05, 0.1) is 12.7 Å². The number of nitriles is 1. The molecule has 0 radical (unpaired) electrons. The van der Waals surface area contributed by atoms with E-state index >= 15 is 0 Å². The molecule has 0 N–H and O–H groups in total. The summed E-state index contributed by atoms with van der Waals surface area (Å²) in [5, 5.41) is 8.28. The summed E-state index contributed by atoms with van der Waals surface area (Å²) in [5.74, 6) is -1.17. The third-order valence-corrected chi connectivity index (χ3v) is 1.95. The van der Waals surface area contributed by atoms with E-state index in [2.05, 4.69) is 10.8 Å². The normalized spacial score (nSPS) is 9.33. The Morgan fingerprint density at radius 2 is 1.87 bits per heavy atom. The molecule has 0 aromatic carbocycles. The average molecular weight is 211 g/mol. The summed E-state index contributed by atoms with van der Waals surface area (Å²) in [6, 6.07) is 2.06. The quantitative estimate of drug-likeness (QED) is 0.350. The van der Waals surface area contributed by atoms with Crippen molar-refractivity contribution >= 4 is 11.8 Å². The second kappa shape index (κ2) is 9.20. The van der Waals surface area contributed by atoms with E-state index < -0.39 is 11.8 Å². The van der Waals surface area contributed by atoms with Gasteiger partial charge in [-0.2, -0.15) is 5.26 Å². The second-order valence-electron chi connectivity index (χ2n) is 3.22. The number of carbonyl (C=O) groups excluding carboxylic acids is 2. The first-order chi connectivity index (χ1) is 7.22. The highest BCUT2D eigenvalue weighted by Crippen LogP contribution is 2.05. The molecule has 15 heavy (non-hydrogen) atoms. The molecule has 0 aromatic heterocycles. The predicted octanol–water partition coefficient (Wildman–Crippen LogP) is 1.98. The molecular formula is C11H17NO3. The minimum Gasteiger partial charge on any atom is -0.460 e. The van der Waals surface area contributed by atoms with E-state index in [1.807, 2.05) is 0 Å². The maximum Gasteiger partial charge on any atom is 0.374 e. The summed E-state index contributed by atoms with van der Waals surface area (Å²) < 4.78 is 4.57. The van der Waals surface area contributed by atoms with Gasteiger partial charge < -0.3 is 4.74 Å². The zero-order chi connectivity index (χ0) is 11.5. The molecule has 0 rings (SSSR count). The molecule has 0 aliphatic heterocycles. The Bertz CT molecular complexity index is 243. The summed E-state index contributed by atoms with van der Waals surface area (Å²) in [4.78, 5) is 22.0. The number of esters is 1. The number of hydrogen-bond donors (Lipinski definition) is 0. The molecule has 0 heterocycles. The number of nitrogens with zero attached hydrogens (tertiary/aromatic N) is 1. The largest absolute Gasteiger partial charge is 0.460 e. The van der Waals surface area contributed by atoms with E-state index in [0.29, 0.717) is 12.8 Å². The van der Waals surface area contributed by atoms with Gasteiger partial charge in [0.1, 0.15) is 0 Å². The van der Waals surface area contributed by atoms with E-state index in [1.54, 1.807) is 6.92 Å². The first-order valence-electron chi connectivity index (χ1n) is 5.29. The number of carbonyl (C=O) groups is 2. The molecule has 84 valence electrons. The van der Waals surface area contributed by atoms with Gasteiger partial charge in [-0.25, -0.2) is 4.79 Å². The van der Waals surface area contributed by atoms with E-state index in [4.69, 9.17) is 5.26 Å². The first kappa shape index (κ1) is 13.6. The van der Waals surface area contributed by atoms with E-state index in [-0.39, 0.29) is 13.0 Å². The fraction of sp³-hybridized carbons (Fsp3) is 0.727. The van der Waals surface area contributed by atoms with Crippen LogP contribution in [0.4, 0.5) is 0 Å². The van der Waals surface area contributed by atoms with Gasteiger partial charge in [0.15, 0.2) is 0 Å². The SMILES string of the molecule is CCOC(=O)C(=O)CCCCCCC#N. The van der Waals surface area contributed by atoms with Gasteiger partial charge in [0.25, 0.3) is 0 Å². The summed E-state index contributed by atoms with van der Waals surface area (Å²) in [5.41, 5.74) is 0. The lowest BCUT2D eigenvalue weighted by Crippen LogP contribution is -2.16. The van der Waals surface area contributed by atoms with Gasteiger partial charge in [-0.3, -0.25) is 4.79 Å². The molecule has 0 saturated carbocycles. The molecule has 0 aliphatic rings. The van der Waals surface area contributed by atoms with Gasteiger partial charge in [0.2, 0.25) is 5.78 Å². The third kappa shape index (κ3) is 7.68. The summed E-state index contributed by atoms with van der Waals surface area (Å²) >= 11 is 0. The van der Waals surface area contributed by atoms with E-state index in [1.165, 1.54) is 0 Å². The van der Waals surface area contributed by atoms with Crippen molar-refractivity contribution in [3.05, 3.63) is 0 Å². The molecule has 0 aliphatic carbocycles. The number of hydrogen-bond acceptors (Lipinski definition) is 4. The molecule has 4 heteroatoms. The maximum absolute atomic E-state index is 11.1. The topological polar surface area (TPSA) is 67.2 Å². The van der Waals surface area contributed by atoms with Crippen LogP contribution < -0.4 is 0 Å². The number of unbranched alkanes of at least 4 members (excludes halogenated alkanes) is 4. The maximum atomic E-state index is 11.1. The fourth-order valence-electron chi connectivity index (χ4n) is 1.16. The molecular weight excluding hydrogens is 194 g/mol. The summed E-state index contributed by atoms with van der Waals surface area (Å²) in [6.45, 7) is 1.92. The van der Waals surface area contributed by atoms with E-state index in [9.17, 15) is 9.59 Å². The molecule has 4 nitrogen and oxygen atoms in total. The Hall–Kier alpha value is -1.37. The fourth-order valence-corrected chi connectivity index (χ4v) is 1.16. The van der Waals surface area contributed by atoms with Gasteiger partial charge in [0, 0.05) is 12.8 Å². The number of ketones is 1. The van der Waals surface area contributed by atoms with Gasteiger partial charge in [-0.15, -0.1) is 0 Å². The zero-order valence-corrected chi connectivity index (χ0v) is 9.12. The van der Waals surface area contributed by atoms with Crippen molar-refractivity contribution in [2.24, 2.45) is 0 Å². The zero-order valence-electron chi connectivity index (χ0n) is 9.12. The molecule has 0 saturated heterocycles. The molecule has 0 fully saturated rings. The lowest BCUT2D eigenvalue weighted by molar-refractivity contribution is -0.153. The first-order valence-corrected chi connectivity index (χ1v) is 5.29. The van der Waals surface area contributed by atoms with Crippen molar-refractivity contribution in [1.82, 2.24) is 0 Å². The van der Waals surface area contributed by atoms with Crippen molar-refractivity contribution < 1.29 is 14.3 Å². The van der Waals surface area contributed by atoms with Crippen LogP contribution in [0.2, 0.25) is 0 Å². The Labute approximate surface area is 90.2 Å². The number of rotatable bonds is 8. The standard InChI is InChI=1S/C11H17NO3/c1-2-15-11(14)10(13)8-6-4-3-5-7-9-12/h2-8H2,1H3. The van der Waals surface area contributed by atoms with Crippen molar-refractivity contribution in [1.29, 1.82) is 5.26 Å². The molecule has 0 atom stereocenters. The minimum absolute atomic E-state index is 0.243. The highest BCUT2D eigenvalue weighted by atomic mass is 16.5. The summed E-state index contributed by atoms with van der Waals surface area (Å²) in [6.07, 6.45) is 4.20. The van der Waals surface area contributed by atoms with Gasteiger partial charge >= 0.3 is 5.97 Å². The summed E-state index contributed by atoms with van der Waals surface area (Å²) in [7, 11) is 0. The molecule has 0 spiro atoms. The van der Waals surface area contributed by atoms with Crippen molar-refractivity contribution in [2.45, 2.75) is 45.4 Å². The lowest BCUT2D eigenvalue weighted by Gasteiger charge is -2.00. The predicted molar refractivity (Wildman–Crippen MR) is 55.0 cm³/mol. The van der Waals surface area contributed by atoms with Crippen LogP contribution in [-0.4, -0.2) is 18.4 Å². The smallest absolute Gasteiger partial charge is 0.374 e. The Kier molecular flexibility index (Phi) is 8.36. The van der Waals surface area contributed by atoms with Crippen molar-refractivity contribution in [3.8, 4) is 6.07 Å². The number of ether oxygens (including phenoxy) is 1. The highest BCUT2D eigenvalue weighted by molar-refractivity contribution is 6.33. The third-order valence-electron chi connectivity index (χ3n) is 1.95. The molecule has 0 unspecified atom stereocenters. The molecule has 0 bridgehead atoms. The average Bonchev–Trinajstić information content (AvgIpc) is 2.23. The molecule has 0 amide bonds.